The summed E-state index contributed by atoms with van der Waals surface area (Å²) >= 11 is 0. The number of allylic oxidation sites excluding steroid dienone is 3. The molecule has 6 nitrogen and oxygen atoms in total. The highest BCUT2D eigenvalue weighted by Crippen LogP contribution is 2.46. The maximum Gasteiger partial charge on any atom is 0.336 e. The Hall–Kier alpha value is -2.89. The Kier molecular flexibility index (Phi) is 7.54. The van der Waals surface area contributed by atoms with Crippen LogP contribution in [0.4, 0.5) is 0 Å². The van der Waals surface area contributed by atoms with E-state index in [1.165, 1.54) is 0 Å². The predicted octanol–water partition coefficient (Wildman–Crippen LogP) is 4.34. The second-order valence-corrected chi connectivity index (χ2v) is 8.44. The topological polar surface area (TPSA) is 81.7 Å². The molecule has 0 bridgehead atoms. The maximum atomic E-state index is 13.8. The summed E-state index contributed by atoms with van der Waals surface area (Å²) in [6, 6.07) is 7.76. The van der Waals surface area contributed by atoms with Crippen molar-refractivity contribution in [1.29, 1.82) is 0 Å². The second-order valence-electron chi connectivity index (χ2n) is 8.44. The first-order chi connectivity index (χ1) is 15.3. The van der Waals surface area contributed by atoms with Gasteiger partial charge in [-0.2, -0.15) is 0 Å². The average Bonchev–Trinajstić information content (AvgIpc) is 2.73. The Balaban J connectivity index is 2.23. The number of rotatable bonds is 7. The number of nitrogens with one attached hydrogen (secondary N) is 1. The van der Waals surface area contributed by atoms with Gasteiger partial charge in [-0.25, -0.2) is 4.79 Å². The Morgan fingerprint density at radius 3 is 2.41 bits per heavy atom. The number of hydrogen-bond donors (Lipinski definition) is 1. The Morgan fingerprint density at radius 2 is 1.78 bits per heavy atom. The smallest absolute Gasteiger partial charge is 0.336 e. The summed E-state index contributed by atoms with van der Waals surface area (Å²) in [6.45, 7) is 9.88. The molecule has 172 valence electrons. The number of carbonyl (C=O) groups is 3. The molecule has 3 atom stereocenters. The molecule has 2 aliphatic rings. The molecule has 1 aliphatic heterocycles. The van der Waals surface area contributed by atoms with Crippen molar-refractivity contribution in [2.24, 2.45) is 11.8 Å². The molecule has 0 saturated carbocycles. The van der Waals surface area contributed by atoms with E-state index in [0.29, 0.717) is 24.0 Å². The Bertz CT molecular complexity index is 974. The van der Waals surface area contributed by atoms with Gasteiger partial charge in [0.05, 0.1) is 18.8 Å². The summed E-state index contributed by atoms with van der Waals surface area (Å²) in [5.74, 6) is -2.85. The first kappa shape index (κ1) is 23.8. The highest BCUT2D eigenvalue weighted by Gasteiger charge is 2.47. The minimum absolute atomic E-state index is 0.197. The van der Waals surface area contributed by atoms with E-state index >= 15 is 0 Å². The molecule has 0 saturated heterocycles. The summed E-state index contributed by atoms with van der Waals surface area (Å²) < 4.78 is 10.7. The SMILES string of the molecule is CCCC1=C(C(=O)OCC)C(c2ccccc2C)C2=C(CC(C)C(C(=O)OCC)C2=O)N1. The molecule has 1 aromatic rings. The number of carbonyl (C=O) groups excluding carboxylic acids is 3. The van der Waals surface area contributed by atoms with Crippen LogP contribution in [0.2, 0.25) is 0 Å². The maximum absolute atomic E-state index is 13.8. The molecule has 0 amide bonds. The van der Waals surface area contributed by atoms with Gasteiger partial charge in [0.1, 0.15) is 5.92 Å². The van der Waals surface area contributed by atoms with Crippen molar-refractivity contribution >= 4 is 17.7 Å². The number of esters is 2. The molecule has 6 heteroatoms. The van der Waals surface area contributed by atoms with Crippen LogP contribution >= 0.6 is 0 Å². The lowest BCUT2D eigenvalue weighted by molar-refractivity contribution is -0.153. The van der Waals surface area contributed by atoms with Gasteiger partial charge in [0.15, 0.2) is 5.78 Å². The van der Waals surface area contributed by atoms with Gasteiger partial charge in [0.25, 0.3) is 0 Å². The van der Waals surface area contributed by atoms with Crippen LogP contribution in [0.25, 0.3) is 0 Å². The molecule has 3 rings (SSSR count). The van der Waals surface area contributed by atoms with Gasteiger partial charge in [0, 0.05) is 22.9 Å². The zero-order valence-electron chi connectivity index (χ0n) is 19.6. The summed E-state index contributed by atoms with van der Waals surface area (Å²) in [5, 5.41) is 3.40. The van der Waals surface area contributed by atoms with Gasteiger partial charge >= 0.3 is 11.9 Å². The van der Waals surface area contributed by atoms with Crippen molar-refractivity contribution in [3.63, 3.8) is 0 Å². The summed E-state index contributed by atoms with van der Waals surface area (Å²) in [6.07, 6.45) is 2.04. The third-order valence-corrected chi connectivity index (χ3v) is 6.21. The number of ether oxygens (including phenoxy) is 2. The van der Waals surface area contributed by atoms with E-state index in [-0.39, 0.29) is 24.9 Å². The largest absolute Gasteiger partial charge is 0.465 e. The van der Waals surface area contributed by atoms with E-state index < -0.39 is 23.8 Å². The van der Waals surface area contributed by atoms with Crippen LogP contribution in [0.15, 0.2) is 46.8 Å². The lowest BCUT2D eigenvalue weighted by atomic mass is 9.68. The van der Waals surface area contributed by atoms with Gasteiger partial charge in [0.2, 0.25) is 0 Å². The number of hydrogen-bond acceptors (Lipinski definition) is 6. The fourth-order valence-electron chi connectivity index (χ4n) is 4.82. The number of dihydropyridines is 1. The standard InChI is InChI=1S/C26H33NO5/c1-6-11-18-23(26(30)32-8-3)21(17-13-10-9-12-15(17)4)22-19(27-18)14-16(5)20(24(22)28)25(29)31-7-2/h9-10,12-13,16,20-21,27H,6-8,11,14H2,1-5H3. The van der Waals surface area contributed by atoms with Crippen LogP contribution in [0.1, 0.15) is 64.0 Å². The predicted molar refractivity (Wildman–Crippen MR) is 122 cm³/mol. The number of benzene rings is 1. The van der Waals surface area contributed by atoms with Gasteiger partial charge < -0.3 is 14.8 Å². The summed E-state index contributed by atoms with van der Waals surface area (Å²) in [4.78, 5) is 39.7. The van der Waals surface area contributed by atoms with E-state index in [0.717, 1.165) is 28.9 Å². The summed E-state index contributed by atoms with van der Waals surface area (Å²) in [7, 11) is 0. The van der Waals surface area contributed by atoms with Crippen LogP contribution in [0.5, 0.6) is 0 Å². The van der Waals surface area contributed by atoms with Gasteiger partial charge in [-0.15, -0.1) is 0 Å². The van der Waals surface area contributed by atoms with Gasteiger partial charge in [-0.1, -0.05) is 44.5 Å². The zero-order chi connectivity index (χ0) is 23.4. The molecule has 1 aromatic carbocycles. The first-order valence-electron chi connectivity index (χ1n) is 11.5. The fraction of sp³-hybridized carbons (Fsp3) is 0.500. The highest BCUT2D eigenvalue weighted by molar-refractivity contribution is 6.12. The lowest BCUT2D eigenvalue weighted by Gasteiger charge is -2.39. The highest BCUT2D eigenvalue weighted by atomic mass is 16.5. The first-order valence-corrected chi connectivity index (χ1v) is 11.5. The molecule has 0 radical (unpaired) electrons. The van der Waals surface area contributed by atoms with Crippen LogP contribution in [-0.4, -0.2) is 30.9 Å². The van der Waals surface area contributed by atoms with Crippen molar-refractivity contribution in [2.75, 3.05) is 13.2 Å². The monoisotopic (exact) mass is 439 g/mol. The van der Waals surface area contributed by atoms with Crippen molar-refractivity contribution < 1.29 is 23.9 Å². The van der Waals surface area contributed by atoms with E-state index in [4.69, 9.17) is 9.47 Å². The van der Waals surface area contributed by atoms with E-state index in [1.54, 1.807) is 13.8 Å². The number of Topliss-reactive ketones (excluding diaryl/α,β-unsaturated/α-hetero) is 1. The molecule has 32 heavy (non-hydrogen) atoms. The Morgan fingerprint density at radius 1 is 1.09 bits per heavy atom. The van der Waals surface area contributed by atoms with E-state index in [1.807, 2.05) is 38.1 Å². The third kappa shape index (κ3) is 4.36. The number of aryl methyl sites for hydroxylation is 1. The lowest BCUT2D eigenvalue weighted by Crippen LogP contribution is -2.44. The van der Waals surface area contributed by atoms with Crippen LogP contribution < -0.4 is 5.32 Å². The Labute approximate surface area is 190 Å². The zero-order valence-corrected chi connectivity index (χ0v) is 19.6. The normalized spacial score (nSPS) is 22.9. The van der Waals surface area contributed by atoms with Crippen LogP contribution in [-0.2, 0) is 23.9 Å². The molecule has 1 aliphatic carbocycles. The van der Waals surface area contributed by atoms with Gasteiger partial charge in [-0.3, -0.25) is 9.59 Å². The molecule has 1 heterocycles. The van der Waals surface area contributed by atoms with Crippen LogP contribution in [0, 0.1) is 18.8 Å². The van der Waals surface area contributed by atoms with Gasteiger partial charge in [-0.05, 0) is 50.7 Å². The molecule has 0 fully saturated rings. The summed E-state index contributed by atoms with van der Waals surface area (Å²) in [5.41, 5.74) is 4.40. The molecule has 3 unspecified atom stereocenters. The molecular weight excluding hydrogens is 406 g/mol. The van der Waals surface area contributed by atoms with Crippen molar-refractivity contribution in [1.82, 2.24) is 5.32 Å². The average molecular weight is 440 g/mol. The quantitative estimate of drug-likeness (QED) is 0.503. The second kappa shape index (κ2) is 10.2. The fourth-order valence-corrected chi connectivity index (χ4v) is 4.82. The molecule has 0 aromatic heterocycles. The molecular formula is C26H33NO5. The minimum Gasteiger partial charge on any atom is -0.465 e. The van der Waals surface area contributed by atoms with Crippen molar-refractivity contribution in [3.8, 4) is 0 Å². The van der Waals surface area contributed by atoms with Crippen LogP contribution in [0.3, 0.4) is 0 Å². The van der Waals surface area contributed by atoms with E-state index in [9.17, 15) is 14.4 Å². The molecule has 1 N–H and O–H groups in total. The van der Waals surface area contributed by atoms with Crippen molar-refractivity contribution in [2.45, 2.75) is 59.8 Å². The third-order valence-electron chi connectivity index (χ3n) is 6.21. The molecule has 0 spiro atoms. The minimum atomic E-state index is -0.877. The number of ketones is 1. The van der Waals surface area contributed by atoms with Crippen molar-refractivity contribution in [3.05, 3.63) is 57.9 Å². The van der Waals surface area contributed by atoms with E-state index in [2.05, 4.69) is 12.2 Å².